The molecule has 0 aliphatic carbocycles. The van der Waals surface area contributed by atoms with Crippen LogP contribution in [0.3, 0.4) is 0 Å². The summed E-state index contributed by atoms with van der Waals surface area (Å²) < 4.78 is 1.76. The molecule has 2 aromatic carbocycles. The van der Waals surface area contributed by atoms with E-state index < -0.39 is 0 Å². The first-order valence-corrected chi connectivity index (χ1v) is 10.2. The second kappa shape index (κ2) is 9.37. The smallest absolute Gasteiger partial charge is 0.263 e. The van der Waals surface area contributed by atoms with E-state index in [4.69, 9.17) is 0 Å². The van der Waals surface area contributed by atoms with Crippen LogP contribution in [0.4, 0.5) is 0 Å². The van der Waals surface area contributed by atoms with Crippen LogP contribution in [0.5, 0.6) is 0 Å². The summed E-state index contributed by atoms with van der Waals surface area (Å²) in [7, 11) is 0. The van der Waals surface area contributed by atoms with Gasteiger partial charge in [0.2, 0.25) is 0 Å². The van der Waals surface area contributed by atoms with Crippen molar-refractivity contribution in [2.45, 2.75) is 46.2 Å². The highest BCUT2D eigenvalue weighted by atomic mass is 16.2. The van der Waals surface area contributed by atoms with Crippen LogP contribution in [0.1, 0.15) is 54.2 Å². The van der Waals surface area contributed by atoms with Crippen molar-refractivity contribution >= 4 is 5.91 Å². The molecule has 4 heteroatoms. The van der Waals surface area contributed by atoms with E-state index in [-0.39, 0.29) is 23.1 Å². The first-order chi connectivity index (χ1) is 14.0. The number of hydrogen-bond acceptors (Lipinski definition) is 2. The fourth-order valence-electron chi connectivity index (χ4n) is 3.58. The number of unbranched alkanes of at least 4 members (excludes halogenated alkanes) is 1. The van der Waals surface area contributed by atoms with Gasteiger partial charge in [0, 0.05) is 6.54 Å². The Bertz CT molecular complexity index is 1020. The number of carbonyl (C=O) groups is 1. The lowest BCUT2D eigenvalue weighted by Gasteiger charge is -2.19. The van der Waals surface area contributed by atoms with Crippen molar-refractivity contribution in [1.82, 2.24) is 9.88 Å². The lowest BCUT2D eigenvalue weighted by atomic mass is 10.0. The van der Waals surface area contributed by atoms with Crippen LogP contribution in [-0.2, 0) is 6.54 Å². The zero-order chi connectivity index (χ0) is 20.8. The van der Waals surface area contributed by atoms with E-state index in [0.29, 0.717) is 6.54 Å². The van der Waals surface area contributed by atoms with E-state index >= 15 is 0 Å². The van der Waals surface area contributed by atoms with Gasteiger partial charge in [0.15, 0.2) is 0 Å². The van der Waals surface area contributed by atoms with Crippen LogP contribution in [0, 0.1) is 6.92 Å². The molecule has 1 aromatic heterocycles. The van der Waals surface area contributed by atoms with Crippen molar-refractivity contribution in [1.29, 1.82) is 0 Å². The van der Waals surface area contributed by atoms with Gasteiger partial charge in [-0.1, -0.05) is 74.0 Å². The average molecular weight is 389 g/mol. The third-order valence-corrected chi connectivity index (χ3v) is 5.15. The Kier molecular flexibility index (Phi) is 6.65. The zero-order valence-electron chi connectivity index (χ0n) is 17.3. The number of carbonyl (C=O) groups excluding carboxylic acids is 1. The molecule has 0 saturated heterocycles. The molecule has 3 rings (SSSR count). The maximum absolute atomic E-state index is 13.3. The minimum absolute atomic E-state index is 0.179. The van der Waals surface area contributed by atoms with Gasteiger partial charge in [0.1, 0.15) is 5.56 Å². The first kappa shape index (κ1) is 20.6. The van der Waals surface area contributed by atoms with E-state index in [1.54, 1.807) is 10.6 Å². The Balaban J connectivity index is 2.00. The minimum Gasteiger partial charge on any atom is -0.345 e. The molecule has 0 aliphatic heterocycles. The molecule has 1 heterocycles. The van der Waals surface area contributed by atoms with E-state index in [1.165, 1.54) is 0 Å². The Morgan fingerprint density at radius 1 is 1.03 bits per heavy atom. The molecule has 0 aliphatic rings. The maximum atomic E-state index is 13.3. The number of pyridine rings is 1. The SMILES string of the molecule is CCCCn1c(-c2ccccc2)c(C)cc(C(=O)NC(C)c2ccccc2)c1=O. The van der Waals surface area contributed by atoms with Crippen LogP contribution >= 0.6 is 0 Å². The van der Waals surface area contributed by atoms with Crippen molar-refractivity contribution in [3.63, 3.8) is 0 Å². The molecule has 1 N–H and O–H groups in total. The second-order valence-electron chi connectivity index (χ2n) is 7.37. The summed E-state index contributed by atoms with van der Waals surface area (Å²) in [5.74, 6) is -0.334. The number of nitrogens with one attached hydrogen (secondary N) is 1. The van der Waals surface area contributed by atoms with Crippen LogP contribution < -0.4 is 10.9 Å². The highest BCUT2D eigenvalue weighted by Crippen LogP contribution is 2.23. The molecule has 4 nitrogen and oxygen atoms in total. The van der Waals surface area contributed by atoms with Crippen molar-refractivity contribution in [3.8, 4) is 11.3 Å². The summed E-state index contributed by atoms with van der Waals surface area (Å²) in [6.07, 6.45) is 1.85. The van der Waals surface area contributed by atoms with Crippen molar-refractivity contribution in [2.24, 2.45) is 0 Å². The van der Waals surface area contributed by atoms with Crippen LogP contribution in [0.15, 0.2) is 71.5 Å². The van der Waals surface area contributed by atoms with Crippen LogP contribution in [-0.4, -0.2) is 10.5 Å². The molecule has 29 heavy (non-hydrogen) atoms. The molecule has 3 aromatic rings. The highest BCUT2D eigenvalue weighted by Gasteiger charge is 2.20. The predicted octanol–water partition coefficient (Wildman–Crippen LogP) is 5.11. The third-order valence-electron chi connectivity index (χ3n) is 5.15. The summed E-state index contributed by atoms with van der Waals surface area (Å²) in [6, 6.07) is 21.2. The topological polar surface area (TPSA) is 51.1 Å². The molecule has 1 atom stereocenters. The fourth-order valence-corrected chi connectivity index (χ4v) is 3.58. The van der Waals surface area contributed by atoms with Crippen LogP contribution in [0.2, 0.25) is 0 Å². The fraction of sp³-hybridized carbons (Fsp3) is 0.280. The van der Waals surface area contributed by atoms with Gasteiger partial charge in [0.05, 0.1) is 11.7 Å². The molecule has 0 bridgehead atoms. The predicted molar refractivity (Wildman–Crippen MR) is 118 cm³/mol. The number of benzene rings is 2. The minimum atomic E-state index is -0.334. The summed E-state index contributed by atoms with van der Waals surface area (Å²) >= 11 is 0. The highest BCUT2D eigenvalue weighted by molar-refractivity contribution is 5.94. The molecule has 150 valence electrons. The quantitative estimate of drug-likeness (QED) is 0.611. The van der Waals surface area contributed by atoms with Gasteiger partial charge >= 0.3 is 0 Å². The molecule has 1 amide bonds. The van der Waals surface area contributed by atoms with Gasteiger partial charge in [0.25, 0.3) is 11.5 Å². The van der Waals surface area contributed by atoms with Gasteiger partial charge in [-0.25, -0.2) is 0 Å². The summed E-state index contributed by atoms with van der Waals surface area (Å²) in [4.78, 5) is 26.2. The second-order valence-corrected chi connectivity index (χ2v) is 7.37. The van der Waals surface area contributed by atoms with Gasteiger partial charge in [-0.2, -0.15) is 0 Å². The van der Waals surface area contributed by atoms with Crippen molar-refractivity contribution < 1.29 is 4.79 Å². The number of rotatable bonds is 7. The average Bonchev–Trinajstić information content (AvgIpc) is 2.75. The third kappa shape index (κ3) is 4.65. The molecule has 0 fully saturated rings. The first-order valence-electron chi connectivity index (χ1n) is 10.2. The molecular formula is C25H28N2O2. The van der Waals surface area contributed by atoms with Gasteiger partial charge in [-0.15, -0.1) is 0 Å². The Morgan fingerprint density at radius 3 is 2.28 bits per heavy atom. The van der Waals surface area contributed by atoms with E-state index in [0.717, 1.165) is 35.2 Å². The number of nitrogens with zero attached hydrogens (tertiary/aromatic N) is 1. The maximum Gasteiger partial charge on any atom is 0.263 e. The molecular weight excluding hydrogens is 360 g/mol. The Morgan fingerprint density at radius 2 is 1.66 bits per heavy atom. The summed E-state index contributed by atoms with van der Waals surface area (Å²) in [6.45, 7) is 6.57. The zero-order valence-corrected chi connectivity index (χ0v) is 17.3. The van der Waals surface area contributed by atoms with Crippen LogP contribution in [0.25, 0.3) is 11.3 Å². The summed E-state index contributed by atoms with van der Waals surface area (Å²) in [5, 5.41) is 2.97. The molecule has 0 saturated carbocycles. The van der Waals surface area contributed by atoms with E-state index in [1.807, 2.05) is 74.5 Å². The molecule has 0 spiro atoms. The van der Waals surface area contributed by atoms with Crippen molar-refractivity contribution in [2.75, 3.05) is 0 Å². The molecule has 0 radical (unpaired) electrons. The van der Waals surface area contributed by atoms with E-state index in [9.17, 15) is 9.59 Å². The Labute approximate surface area is 172 Å². The largest absolute Gasteiger partial charge is 0.345 e. The number of amides is 1. The Hall–Kier alpha value is -3.14. The van der Waals surface area contributed by atoms with Gasteiger partial charge < -0.3 is 9.88 Å². The standard InChI is InChI=1S/C25H28N2O2/c1-4-5-16-27-23(21-14-10-7-11-15-21)18(2)17-22(25(27)29)24(28)26-19(3)20-12-8-6-9-13-20/h6-15,17,19H,4-5,16H2,1-3H3,(H,26,28). The summed E-state index contributed by atoms with van der Waals surface area (Å²) in [5.41, 5.74) is 3.76. The number of aromatic nitrogens is 1. The monoisotopic (exact) mass is 388 g/mol. The van der Waals surface area contributed by atoms with E-state index in [2.05, 4.69) is 12.2 Å². The number of hydrogen-bond donors (Lipinski definition) is 1. The lowest BCUT2D eigenvalue weighted by molar-refractivity contribution is 0.0937. The number of aryl methyl sites for hydroxylation is 1. The molecule has 1 unspecified atom stereocenters. The van der Waals surface area contributed by atoms with Crippen molar-refractivity contribution in [3.05, 3.63) is 93.8 Å². The lowest BCUT2D eigenvalue weighted by Crippen LogP contribution is -2.35. The normalized spacial score (nSPS) is 11.8. The van der Waals surface area contributed by atoms with Gasteiger partial charge in [-0.3, -0.25) is 9.59 Å². The van der Waals surface area contributed by atoms with Gasteiger partial charge in [-0.05, 0) is 43.0 Å².